The van der Waals surface area contributed by atoms with Crippen LogP contribution in [0.1, 0.15) is 42.1 Å². The summed E-state index contributed by atoms with van der Waals surface area (Å²) in [5.74, 6) is 0.110. The molecule has 8 aromatic rings. The fourth-order valence-corrected chi connectivity index (χ4v) is 8.02. The Balaban J connectivity index is 1.18. The Morgan fingerprint density at radius 3 is 1.84 bits per heavy atom. The number of aromatic nitrogens is 1. The van der Waals surface area contributed by atoms with Crippen LogP contribution in [0.3, 0.4) is 0 Å². The monoisotopic (exact) mass is 748 g/mol. The van der Waals surface area contributed by atoms with Crippen LogP contribution in [0.4, 0.5) is 11.4 Å². The van der Waals surface area contributed by atoms with Crippen LogP contribution < -0.4 is 4.90 Å². The van der Waals surface area contributed by atoms with E-state index >= 15 is 0 Å². The molecule has 0 bridgehead atoms. The van der Waals surface area contributed by atoms with Gasteiger partial charge in [0.1, 0.15) is 0 Å². The molecule has 1 aromatic heterocycles. The van der Waals surface area contributed by atoms with Gasteiger partial charge in [-0.15, -0.1) is 0 Å². The van der Waals surface area contributed by atoms with E-state index in [4.69, 9.17) is 0 Å². The lowest BCUT2D eigenvalue weighted by Gasteiger charge is -2.26. The Hall–Kier alpha value is -7.16. The molecule has 1 heterocycles. The molecule has 0 aliphatic rings. The zero-order chi connectivity index (χ0) is 39.7. The van der Waals surface area contributed by atoms with E-state index in [0.29, 0.717) is 6.54 Å². The summed E-state index contributed by atoms with van der Waals surface area (Å²) in [6.45, 7) is 9.14. The maximum absolute atomic E-state index is 3.99. The number of benzene rings is 7. The second-order valence-corrected chi connectivity index (χ2v) is 14.5. The number of fused-ring (bicyclic) bond motifs is 1. The van der Waals surface area contributed by atoms with E-state index in [-0.39, 0.29) is 5.92 Å². The third-order valence-electron chi connectivity index (χ3n) is 10.9. The van der Waals surface area contributed by atoms with Gasteiger partial charge >= 0.3 is 0 Å². The minimum Gasteiger partial charge on any atom is -0.338 e. The number of rotatable bonds is 13. The lowest BCUT2D eigenvalue weighted by Crippen LogP contribution is -2.17. The van der Waals surface area contributed by atoms with Crippen LogP contribution in [-0.2, 0) is 0 Å². The van der Waals surface area contributed by atoms with Crippen molar-refractivity contribution in [2.75, 3.05) is 11.4 Å². The quantitative estimate of drug-likeness (QED) is 0.107. The van der Waals surface area contributed by atoms with Crippen molar-refractivity contribution in [2.45, 2.75) is 19.8 Å². The fourth-order valence-electron chi connectivity index (χ4n) is 8.02. The smallest absolute Gasteiger partial charge is 0.0537 e. The summed E-state index contributed by atoms with van der Waals surface area (Å²) in [4.78, 5) is 2.41. The van der Waals surface area contributed by atoms with Gasteiger partial charge in [0.05, 0.1) is 11.2 Å². The Morgan fingerprint density at radius 1 is 0.621 bits per heavy atom. The molecule has 7 aromatic carbocycles. The molecule has 0 spiro atoms. The molecule has 0 fully saturated rings. The molecule has 1 atom stereocenters. The Morgan fingerprint density at radius 2 is 1.21 bits per heavy atom. The zero-order valence-corrected chi connectivity index (χ0v) is 33.2. The molecular formula is C56H48N2. The normalized spacial score (nSPS) is 12.3. The highest BCUT2D eigenvalue weighted by Gasteiger charge is 2.23. The number of para-hydroxylation sites is 1. The van der Waals surface area contributed by atoms with Gasteiger partial charge in [0.15, 0.2) is 0 Å². The van der Waals surface area contributed by atoms with Crippen LogP contribution in [0, 0.1) is 0 Å². The summed E-state index contributed by atoms with van der Waals surface area (Å²) < 4.78 is 2.42. The number of hydrogen-bond acceptors (Lipinski definition) is 1. The third-order valence-corrected chi connectivity index (χ3v) is 10.9. The Labute approximate surface area is 343 Å². The number of allylic oxidation sites excluding steroid dienone is 5. The Kier molecular flexibility index (Phi) is 11.6. The summed E-state index contributed by atoms with van der Waals surface area (Å²) in [6, 6.07) is 67.5. The molecule has 0 aliphatic carbocycles. The largest absolute Gasteiger partial charge is 0.338 e. The summed E-state index contributed by atoms with van der Waals surface area (Å²) >= 11 is 0. The van der Waals surface area contributed by atoms with Crippen LogP contribution in [0.15, 0.2) is 225 Å². The van der Waals surface area contributed by atoms with Gasteiger partial charge in [-0.3, -0.25) is 0 Å². The van der Waals surface area contributed by atoms with E-state index in [1.54, 1.807) is 0 Å². The summed E-state index contributed by atoms with van der Waals surface area (Å²) in [5, 5.41) is 1.26. The van der Waals surface area contributed by atoms with E-state index in [2.05, 4.69) is 248 Å². The van der Waals surface area contributed by atoms with E-state index in [9.17, 15) is 0 Å². The standard InChI is InChI=1S/C56H48N2/c1-4-19-43(44-21-9-6-10-22-44)28-18-40-57(50-36-32-47(33-37-50)45-23-11-7-12-24-45)52-29-17-27-49(41-52)42(3)56-53-30-15-16-31-54(53)58(55(56)20-5-2)51-38-34-48(35-39-51)46-25-13-8-14-26-46/h4-39,41-42H,1,40H2,2-3H3/b20-5-,28-18-,43-19+. The predicted octanol–water partition coefficient (Wildman–Crippen LogP) is 15.1. The highest BCUT2D eigenvalue weighted by Crippen LogP contribution is 2.40. The van der Waals surface area contributed by atoms with Crippen LogP contribution in [-0.4, -0.2) is 11.1 Å². The molecule has 8 rings (SSSR count). The van der Waals surface area contributed by atoms with Crippen molar-refractivity contribution >= 4 is 33.9 Å². The number of hydrogen-bond donors (Lipinski definition) is 0. The molecule has 0 saturated heterocycles. The summed E-state index contributed by atoms with van der Waals surface area (Å²) in [6.07, 6.45) is 12.8. The SMILES string of the molecule is C=C/C=C(\C=C/CN(c1ccc(-c2ccccc2)cc1)c1cccc(C(C)c2c(/C=C\C)n(-c3ccc(-c4ccccc4)cc3)c3ccccc23)c1)c1ccccc1. The van der Waals surface area contributed by atoms with E-state index in [0.717, 1.165) is 28.2 Å². The van der Waals surface area contributed by atoms with Gasteiger partial charge in [0, 0.05) is 34.9 Å². The first kappa shape index (κ1) is 37.7. The topological polar surface area (TPSA) is 8.17 Å². The van der Waals surface area contributed by atoms with Crippen molar-refractivity contribution in [3.05, 3.63) is 247 Å². The van der Waals surface area contributed by atoms with Crippen molar-refractivity contribution < 1.29 is 0 Å². The van der Waals surface area contributed by atoms with E-state index in [1.807, 2.05) is 6.08 Å². The van der Waals surface area contributed by atoms with E-state index in [1.165, 1.54) is 50.0 Å². The van der Waals surface area contributed by atoms with Gasteiger partial charge in [0.2, 0.25) is 0 Å². The number of anilines is 2. The van der Waals surface area contributed by atoms with Crippen molar-refractivity contribution in [3.63, 3.8) is 0 Å². The molecule has 58 heavy (non-hydrogen) atoms. The lowest BCUT2D eigenvalue weighted by atomic mass is 9.90. The second-order valence-electron chi connectivity index (χ2n) is 14.5. The minimum atomic E-state index is 0.110. The van der Waals surface area contributed by atoms with Crippen molar-refractivity contribution in [1.29, 1.82) is 0 Å². The number of nitrogens with zero attached hydrogens (tertiary/aromatic N) is 2. The van der Waals surface area contributed by atoms with Crippen molar-refractivity contribution in [3.8, 4) is 27.9 Å². The fraction of sp³-hybridized carbons (Fsp3) is 0.0714. The van der Waals surface area contributed by atoms with Crippen LogP contribution in [0.5, 0.6) is 0 Å². The van der Waals surface area contributed by atoms with Crippen LogP contribution in [0.2, 0.25) is 0 Å². The maximum atomic E-state index is 3.99. The van der Waals surface area contributed by atoms with Crippen molar-refractivity contribution in [2.24, 2.45) is 0 Å². The molecule has 282 valence electrons. The van der Waals surface area contributed by atoms with E-state index < -0.39 is 0 Å². The first-order chi connectivity index (χ1) is 28.6. The Bertz CT molecular complexity index is 2700. The van der Waals surface area contributed by atoms with Gasteiger partial charge < -0.3 is 9.47 Å². The molecular weight excluding hydrogens is 701 g/mol. The van der Waals surface area contributed by atoms with Gasteiger partial charge in [-0.2, -0.15) is 0 Å². The second kappa shape index (κ2) is 17.7. The van der Waals surface area contributed by atoms with Crippen molar-refractivity contribution in [1.82, 2.24) is 4.57 Å². The molecule has 2 nitrogen and oxygen atoms in total. The molecule has 2 heteroatoms. The highest BCUT2D eigenvalue weighted by atomic mass is 15.1. The molecule has 0 aliphatic heterocycles. The first-order valence-electron chi connectivity index (χ1n) is 20.1. The summed E-state index contributed by atoms with van der Waals surface area (Å²) in [7, 11) is 0. The third kappa shape index (κ3) is 8.05. The molecule has 0 N–H and O–H groups in total. The molecule has 0 amide bonds. The van der Waals surface area contributed by atoms with Gasteiger partial charge in [-0.1, -0.05) is 189 Å². The van der Waals surface area contributed by atoms with Crippen LogP contribution >= 0.6 is 0 Å². The lowest BCUT2D eigenvalue weighted by molar-refractivity contribution is 0.915. The summed E-state index contributed by atoms with van der Waals surface area (Å²) in [5.41, 5.74) is 15.5. The zero-order valence-electron chi connectivity index (χ0n) is 33.2. The maximum Gasteiger partial charge on any atom is 0.0537 e. The van der Waals surface area contributed by atoms with Gasteiger partial charge in [-0.25, -0.2) is 0 Å². The van der Waals surface area contributed by atoms with Gasteiger partial charge in [0.25, 0.3) is 0 Å². The molecule has 0 radical (unpaired) electrons. The first-order valence-corrected chi connectivity index (χ1v) is 20.1. The molecule has 0 saturated carbocycles. The van der Waals surface area contributed by atoms with Gasteiger partial charge in [-0.05, 0) is 100.0 Å². The van der Waals surface area contributed by atoms with Crippen LogP contribution in [0.25, 0.3) is 50.5 Å². The minimum absolute atomic E-state index is 0.110. The average Bonchev–Trinajstić information content (AvgIpc) is 3.62. The predicted molar refractivity (Wildman–Crippen MR) is 250 cm³/mol. The highest BCUT2D eigenvalue weighted by molar-refractivity contribution is 5.91. The molecule has 1 unspecified atom stereocenters. The average molecular weight is 749 g/mol.